The lowest BCUT2D eigenvalue weighted by molar-refractivity contribution is -0.121. The van der Waals surface area contributed by atoms with Crippen molar-refractivity contribution in [1.82, 2.24) is 15.5 Å². The number of carbonyl (C=O) groups excluding carboxylic acids is 2. The molecule has 0 unspecified atom stereocenters. The summed E-state index contributed by atoms with van der Waals surface area (Å²) in [6.07, 6.45) is 0.971. The van der Waals surface area contributed by atoms with E-state index in [1.165, 1.54) is 10.4 Å². The Morgan fingerprint density at radius 3 is 2.81 bits per heavy atom. The van der Waals surface area contributed by atoms with Crippen molar-refractivity contribution >= 4 is 23.3 Å². The van der Waals surface area contributed by atoms with Gasteiger partial charge in [0.15, 0.2) is 0 Å². The molecule has 116 valence electrons. The number of rotatable bonds is 2. The van der Waals surface area contributed by atoms with Crippen LogP contribution in [0.3, 0.4) is 0 Å². The highest BCUT2D eigenvalue weighted by Crippen LogP contribution is 2.32. The molecule has 0 spiro atoms. The minimum absolute atomic E-state index is 0.219. The second-order valence-electron chi connectivity index (χ2n) is 6.45. The van der Waals surface area contributed by atoms with Gasteiger partial charge in [0, 0.05) is 23.0 Å². The molecule has 3 amide bonds. The van der Waals surface area contributed by atoms with Crippen LogP contribution in [0.5, 0.6) is 0 Å². The van der Waals surface area contributed by atoms with E-state index in [-0.39, 0.29) is 24.0 Å². The van der Waals surface area contributed by atoms with E-state index in [0.29, 0.717) is 0 Å². The van der Waals surface area contributed by atoms with Gasteiger partial charge in [-0.1, -0.05) is 0 Å². The second-order valence-corrected chi connectivity index (χ2v) is 7.45. The first-order chi connectivity index (χ1) is 9.76. The number of hydrogen-bond donors (Lipinski definition) is 2. The topological polar surface area (TPSA) is 61.4 Å². The van der Waals surface area contributed by atoms with Crippen LogP contribution in [0.25, 0.3) is 0 Å². The average Bonchev–Trinajstić information content (AvgIpc) is 2.79. The molecule has 2 heterocycles. The van der Waals surface area contributed by atoms with E-state index < -0.39 is 6.03 Å². The van der Waals surface area contributed by atoms with E-state index >= 15 is 0 Å². The zero-order valence-electron chi connectivity index (χ0n) is 13.0. The second kappa shape index (κ2) is 6.15. The fourth-order valence-electron chi connectivity index (χ4n) is 2.50. The maximum absolute atomic E-state index is 12.0. The molecule has 5 nitrogen and oxygen atoms in total. The summed E-state index contributed by atoms with van der Waals surface area (Å²) in [7, 11) is 0. The monoisotopic (exact) mass is 309 g/mol. The highest BCUT2D eigenvalue weighted by Gasteiger charge is 2.26. The molecule has 2 N–H and O–H groups in total. The first kappa shape index (κ1) is 16.0. The van der Waals surface area contributed by atoms with Gasteiger partial charge in [0.25, 0.3) is 0 Å². The van der Waals surface area contributed by atoms with E-state index in [2.05, 4.69) is 33.9 Å². The van der Waals surface area contributed by atoms with E-state index in [9.17, 15) is 9.59 Å². The van der Waals surface area contributed by atoms with Crippen molar-refractivity contribution in [3.63, 3.8) is 0 Å². The third kappa shape index (κ3) is 4.28. The molecule has 0 radical (unpaired) electrons. The maximum atomic E-state index is 12.0. The van der Waals surface area contributed by atoms with Crippen LogP contribution in [-0.4, -0.2) is 35.5 Å². The van der Waals surface area contributed by atoms with Gasteiger partial charge in [0.05, 0.1) is 6.54 Å². The Morgan fingerprint density at radius 1 is 1.43 bits per heavy atom. The third-order valence-corrected chi connectivity index (χ3v) is 4.49. The summed E-state index contributed by atoms with van der Waals surface area (Å²) in [5.74, 6) is -0.262. The molecule has 6 heteroatoms. The van der Waals surface area contributed by atoms with Gasteiger partial charge in [0.1, 0.15) is 0 Å². The molecule has 1 aromatic heterocycles. The van der Waals surface area contributed by atoms with Crippen molar-refractivity contribution in [2.24, 2.45) is 0 Å². The molecule has 0 saturated heterocycles. The number of urea groups is 1. The predicted molar refractivity (Wildman–Crippen MR) is 84.4 cm³/mol. The highest BCUT2D eigenvalue weighted by molar-refractivity contribution is 7.10. The summed E-state index contributed by atoms with van der Waals surface area (Å²) in [5, 5.41) is 7.22. The SMILES string of the molecule is C[C@@H]1c2ccsc2CCN1CC(=O)NC(=O)NC(C)(C)C. The summed E-state index contributed by atoms with van der Waals surface area (Å²) in [5.41, 5.74) is 0.951. The Bertz CT molecular complexity index is 533. The average molecular weight is 309 g/mol. The van der Waals surface area contributed by atoms with Gasteiger partial charge in [-0.2, -0.15) is 0 Å². The molecule has 0 aromatic carbocycles. The number of thiophene rings is 1. The van der Waals surface area contributed by atoms with Crippen LogP contribution in [0.15, 0.2) is 11.4 Å². The smallest absolute Gasteiger partial charge is 0.321 e. The molecular formula is C15H23N3O2S. The highest BCUT2D eigenvalue weighted by atomic mass is 32.1. The Morgan fingerprint density at radius 2 is 2.14 bits per heavy atom. The van der Waals surface area contributed by atoms with Crippen molar-refractivity contribution in [3.05, 3.63) is 21.9 Å². The number of amides is 3. The van der Waals surface area contributed by atoms with Gasteiger partial charge in [-0.15, -0.1) is 11.3 Å². The number of nitrogens with one attached hydrogen (secondary N) is 2. The van der Waals surface area contributed by atoms with Crippen LogP contribution >= 0.6 is 11.3 Å². The maximum Gasteiger partial charge on any atom is 0.321 e. The van der Waals surface area contributed by atoms with Crippen LogP contribution in [0.1, 0.15) is 44.2 Å². The number of imide groups is 1. The van der Waals surface area contributed by atoms with Crippen LogP contribution in [0.2, 0.25) is 0 Å². The third-order valence-electron chi connectivity index (χ3n) is 3.49. The predicted octanol–water partition coefficient (Wildman–Crippen LogP) is 2.29. The zero-order valence-corrected chi connectivity index (χ0v) is 13.8. The first-order valence-electron chi connectivity index (χ1n) is 7.18. The molecule has 21 heavy (non-hydrogen) atoms. The quantitative estimate of drug-likeness (QED) is 0.881. The van der Waals surface area contributed by atoms with Crippen LogP contribution in [0, 0.1) is 0 Å². The molecule has 1 aromatic rings. The summed E-state index contributed by atoms with van der Waals surface area (Å²) in [6.45, 7) is 8.83. The molecular weight excluding hydrogens is 286 g/mol. The van der Waals surface area contributed by atoms with Gasteiger partial charge in [-0.05, 0) is 51.1 Å². The van der Waals surface area contributed by atoms with E-state index in [4.69, 9.17) is 0 Å². The van der Waals surface area contributed by atoms with Gasteiger partial charge >= 0.3 is 6.03 Å². The molecule has 1 aliphatic heterocycles. The molecule has 1 aliphatic rings. The fraction of sp³-hybridized carbons (Fsp3) is 0.600. The van der Waals surface area contributed by atoms with Crippen LogP contribution in [0.4, 0.5) is 4.79 Å². The summed E-state index contributed by atoms with van der Waals surface area (Å²) < 4.78 is 0. The van der Waals surface area contributed by atoms with Crippen molar-refractivity contribution in [3.8, 4) is 0 Å². The lowest BCUT2D eigenvalue weighted by Crippen LogP contribution is -2.51. The Labute approximate surface area is 129 Å². The normalized spacial score (nSPS) is 19.0. The Kier molecular flexibility index (Phi) is 4.68. The largest absolute Gasteiger partial charge is 0.333 e. The molecule has 0 aliphatic carbocycles. The molecule has 0 bridgehead atoms. The summed E-state index contributed by atoms with van der Waals surface area (Å²) in [4.78, 5) is 27.2. The number of hydrogen-bond acceptors (Lipinski definition) is 4. The van der Waals surface area contributed by atoms with Crippen molar-refractivity contribution in [1.29, 1.82) is 0 Å². The lowest BCUT2D eigenvalue weighted by atomic mass is 10.0. The van der Waals surface area contributed by atoms with Crippen molar-refractivity contribution in [2.75, 3.05) is 13.1 Å². The first-order valence-corrected chi connectivity index (χ1v) is 8.06. The van der Waals surface area contributed by atoms with Crippen molar-refractivity contribution in [2.45, 2.75) is 45.7 Å². The standard InChI is InChI=1S/C15H23N3O2S/c1-10-11-6-8-21-12(11)5-7-18(10)9-13(19)16-14(20)17-15(2,3)4/h6,8,10H,5,7,9H2,1-4H3,(H2,16,17,19,20)/t10-/m1/s1. The molecule has 0 fully saturated rings. The molecule has 1 atom stereocenters. The minimum Gasteiger partial charge on any atom is -0.333 e. The number of carbonyl (C=O) groups is 2. The number of fused-ring (bicyclic) bond motifs is 1. The lowest BCUT2D eigenvalue weighted by Gasteiger charge is -2.32. The summed E-state index contributed by atoms with van der Waals surface area (Å²) in [6, 6.07) is 1.91. The zero-order chi connectivity index (χ0) is 15.6. The fourth-order valence-corrected chi connectivity index (χ4v) is 3.46. The van der Waals surface area contributed by atoms with Gasteiger partial charge in [-0.25, -0.2) is 4.79 Å². The van der Waals surface area contributed by atoms with E-state index in [1.807, 2.05) is 20.8 Å². The van der Waals surface area contributed by atoms with Gasteiger partial charge < -0.3 is 5.32 Å². The Hall–Kier alpha value is -1.40. The molecule has 2 rings (SSSR count). The van der Waals surface area contributed by atoms with Gasteiger partial charge in [0.2, 0.25) is 5.91 Å². The van der Waals surface area contributed by atoms with Gasteiger partial charge in [-0.3, -0.25) is 15.0 Å². The minimum atomic E-state index is -0.437. The van der Waals surface area contributed by atoms with Crippen LogP contribution < -0.4 is 10.6 Å². The van der Waals surface area contributed by atoms with E-state index in [0.717, 1.165) is 13.0 Å². The van der Waals surface area contributed by atoms with Crippen LogP contribution in [-0.2, 0) is 11.2 Å². The number of nitrogens with zero attached hydrogens (tertiary/aromatic N) is 1. The van der Waals surface area contributed by atoms with E-state index in [1.54, 1.807) is 11.3 Å². The molecule has 0 saturated carbocycles. The summed E-state index contributed by atoms with van der Waals surface area (Å²) >= 11 is 1.78. The Balaban J connectivity index is 1.88. The van der Waals surface area contributed by atoms with Crippen molar-refractivity contribution < 1.29 is 9.59 Å².